The molecule has 3 saturated carbocycles. The van der Waals surface area contributed by atoms with Crippen molar-refractivity contribution in [2.45, 2.75) is 38.3 Å². The lowest BCUT2D eigenvalue weighted by Gasteiger charge is -2.17. The summed E-state index contributed by atoms with van der Waals surface area (Å²) < 4.78 is 26.2. The molecular formula is C16H19F2N. The molecule has 3 heteroatoms. The molecule has 19 heavy (non-hydrogen) atoms. The lowest BCUT2D eigenvalue weighted by molar-refractivity contribution is 0.431. The van der Waals surface area contributed by atoms with Gasteiger partial charge >= 0.3 is 0 Å². The van der Waals surface area contributed by atoms with Crippen molar-refractivity contribution in [2.24, 2.45) is 23.7 Å². The first kappa shape index (κ1) is 11.8. The molecule has 0 aliphatic heterocycles. The van der Waals surface area contributed by atoms with Gasteiger partial charge in [0.25, 0.3) is 0 Å². The van der Waals surface area contributed by atoms with Gasteiger partial charge < -0.3 is 5.32 Å². The van der Waals surface area contributed by atoms with Crippen molar-refractivity contribution in [3.63, 3.8) is 0 Å². The number of fused-ring (bicyclic) bond motifs is 5. The van der Waals surface area contributed by atoms with Crippen molar-refractivity contribution in [3.8, 4) is 0 Å². The molecule has 1 N–H and O–H groups in total. The molecule has 3 aliphatic carbocycles. The van der Waals surface area contributed by atoms with Crippen molar-refractivity contribution >= 4 is 0 Å². The summed E-state index contributed by atoms with van der Waals surface area (Å²) in [6, 6.07) is 4.95. The molecule has 0 spiro atoms. The fraction of sp³-hybridized carbons (Fsp3) is 0.625. The molecule has 4 rings (SSSR count). The Bertz CT molecular complexity index is 499. The van der Waals surface area contributed by atoms with E-state index >= 15 is 0 Å². The summed E-state index contributed by atoms with van der Waals surface area (Å²) in [6.45, 7) is 2.04. The maximum atomic E-state index is 13.3. The fourth-order valence-electron chi connectivity index (χ4n) is 4.71. The van der Waals surface area contributed by atoms with Crippen LogP contribution in [-0.4, -0.2) is 6.04 Å². The molecule has 0 aromatic heterocycles. The summed E-state index contributed by atoms with van der Waals surface area (Å²) in [5.41, 5.74) is 0.844. The minimum absolute atomic E-state index is 0.102. The van der Waals surface area contributed by atoms with E-state index in [0.29, 0.717) is 6.04 Å². The van der Waals surface area contributed by atoms with E-state index in [1.165, 1.54) is 31.4 Å². The zero-order valence-electron chi connectivity index (χ0n) is 11.1. The number of halogens is 2. The van der Waals surface area contributed by atoms with Gasteiger partial charge in [-0.2, -0.15) is 0 Å². The topological polar surface area (TPSA) is 12.0 Å². The predicted molar refractivity (Wildman–Crippen MR) is 69.5 cm³/mol. The van der Waals surface area contributed by atoms with E-state index in [4.69, 9.17) is 0 Å². The summed E-state index contributed by atoms with van der Waals surface area (Å²) in [5, 5.41) is 3.63. The Kier molecular flexibility index (Phi) is 2.50. The first-order chi connectivity index (χ1) is 9.15. The van der Waals surface area contributed by atoms with E-state index in [2.05, 4.69) is 5.32 Å². The van der Waals surface area contributed by atoms with Crippen molar-refractivity contribution in [1.82, 2.24) is 5.32 Å². The minimum Gasteiger partial charge on any atom is -0.307 e. The van der Waals surface area contributed by atoms with Crippen molar-refractivity contribution < 1.29 is 8.78 Å². The van der Waals surface area contributed by atoms with Crippen LogP contribution in [0.4, 0.5) is 8.78 Å². The highest BCUT2D eigenvalue weighted by molar-refractivity contribution is 5.23. The highest BCUT2D eigenvalue weighted by Crippen LogP contribution is 2.65. The molecule has 1 nitrogen and oxygen atoms in total. The Balaban J connectivity index is 1.45. The Morgan fingerprint density at radius 3 is 2.42 bits per heavy atom. The molecule has 102 valence electrons. The predicted octanol–water partition coefficient (Wildman–Crippen LogP) is 3.66. The molecule has 0 amide bonds. The van der Waals surface area contributed by atoms with Gasteiger partial charge in [-0.1, -0.05) is 6.07 Å². The Labute approximate surface area is 112 Å². The molecule has 3 fully saturated rings. The van der Waals surface area contributed by atoms with Gasteiger partial charge in [0.2, 0.25) is 0 Å². The molecular weight excluding hydrogens is 244 g/mol. The van der Waals surface area contributed by atoms with Gasteiger partial charge in [-0.05, 0) is 67.6 Å². The van der Waals surface area contributed by atoms with Crippen LogP contribution in [0.3, 0.4) is 0 Å². The molecule has 0 saturated heterocycles. The van der Waals surface area contributed by atoms with Crippen LogP contribution in [0.15, 0.2) is 18.2 Å². The fourth-order valence-corrected chi connectivity index (χ4v) is 4.71. The summed E-state index contributed by atoms with van der Waals surface area (Å²) in [4.78, 5) is 0. The van der Waals surface area contributed by atoms with E-state index in [9.17, 15) is 8.78 Å². The number of hydrogen-bond donors (Lipinski definition) is 1. The third kappa shape index (κ3) is 1.74. The molecule has 5 atom stereocenters. The quantitative estimate of drug-likeness (QED) is 0.877. The third-order valence-corrected chi connectivity index (χ3v) is 5.62. The highest BCUT2D eigenvalue weighted by Gasteiger charge is 2.64. The first-order valence-electron chi connectivity index (χ1n) is 7.36. The van der Waals surface area contributed by atoms with Gasteiger partial charge in [-0.25, -0.2) is 8.78 Å². The molecule has 5 unspecified atom stereocenters. The van der Waals surface area contributed by atoms with E-state index in [1.807, 2.05) is 6.92 Å². The van der Waals surface area contributed by atoms with Crippen molar-refractivity contribution in [3.05, 3.63) is 35.4 Å². The molecule has 3 aliphatic rings. The number of nitrogens with one attached hydrogen (secondary N) is 1. The lowest BCUT2D eigenvalue weighted by atomic mass is 10.0. The molecule has 1 aromatic rings. The van der Waals surface area contributed by atoms with Crippen LogP contribution in [0.25, 0.3) is 0 Å². The second-order valence-electron chi connectivity index (χ2n) is 6.58. The average molecular weight is 263 g/mol. The summed E-state index contributed by atoms with van der Waals surface area (Å²) in [6.07, 6.45) is 4.25. The van der Waals surface area contributed by atoms with Gasteiger partial charge in [0.1, 0.15) is 0 Å². The number of rotatable bonds is 3. The molecule has 0 heterocycles. The van der Waals surface area contributed by atoms with Crippen molar-refractivity contribution in [2.75, 3.05) is 0 Å². The SMILES string of the molecule is CC(NC1C2C3CCC(C3)C12)c1ccc(F)c(F)c1. The van der Waals surface area contributed by atoms with E-state index in [0.717, 1.165) is 29.2 Å². The van der Waals surface area contributed by atoms with Crippen molar-refractivity contribution in [1.29, 1.82) is 0 Å². The smallest absolute Gasteiger partial charge is 0.159 e. The second-order valence-corrected chi connectivity index (χ2v) is 6.58. The van der Waals surface area contributed by atoms with Gasteiger partial charge in [0.05, 0.1) is 0 Å². The highest BCUT2D eigenvalue weighted by atomic mass is 19.2. The maximum absolute atomic E-state index is 13.3. The van der Waals surface area contributed by atoms with Gasteiger partial charge in [0, 0.05) is 12.1 Å². The second kappa shape index (κ2) is 4.02. The van der Waals surface area contributed by atoms with E-state index in [1.54, 1.807) is 6.07 Å². The van der Waals surface area contributed by atoms with Crippen LogP contribution in [0, 0.1) is 35.3 Å². The zero-order valence-corrected chi connectivity index (χ0v) is 11.1. The van der Waals surface area contributed by atoms with Gasteiger partial charge in [-0.3, -0.25) is 0 Å². The Hall–Kier alpha value is -0.960. The lowest BCUT2D eigenvalue weighted by Crippen LogP contribution is -2.26. The third-order valence-electron chi connectivity index (χ3n) is 5.62. The number of benzene rings is 1. The van der Waals surface area contributed by atoms with Crippen LogP contribution < -0.4 is 5.32 Å². The van der Waals surface area contributed by atoms with E-state index < -0.39 is 11.6 Å². The Morgan fingerprint density at radius 2 is 1.79 bits per heavy atom. The van der Waals surface area contributed by atoms with Crippen LogP contribution in [0.1, 0.15) is 37.8 Å². The standard InChI is InChI=1S/C16H19F2N/c1-8(9-4-5-12(17)13(18)7-9)19-16-14-10-2-3-11(6-10)15(14)16/h4-5,7-8,10-11,14-16,19H,2-3,6H2,1H3. The largest absolute Gasteiger partial charge is 0.307 e. The summed E-state index contributed by atoms with van der Waals surface area (Å²) in [7, 11) is 0. The Morgan fingerprint density at radius 1 is 1.11 bits per heavy atom. The molecule has 0 radical (unpaired) electrons. The van der Waals surface area contributed by atoms with Gasteiger partial charge in [-0.15, -0.1) is 0 Å². The first-order valence-corrected chi connectivity index (χ1v) is 7.36. The number of hydrogen-bond acceptors (Lipinski definition) is 1. The van der Waals surface area contributed by atoms with Crippen LogP contribution in [0.2, 0.25) is 0 Å². The van der Waals surface area contributed by atoms with Gasteiger partial charge in [0.15, 0.2) is 11.6 Å². The average Bonchev–Trinajstić information content (AvgIpc) is 2.81. The molecule has 2 bridgehead atoms. The zero-order chi connectivity index (χ0) is 13.1. The van der Waals surface area contributed by atoms with E-state index in [-0.39, 0.29) is 6.04 Å². The van der Waals surface area contributed by atoms with Crippen LogP contribution in [-0.2, 0) is 0 Å². The molecule has 1 aromatic carbocycles. The van der Waals surface area contributed by atoms with Crippen LogP contribution in [0.5, 0.6) is 0 Å². The maximum Gasteiger partial charge on any atom is 0.159 e. The summed E-state index contributed by atoms with van der Waals surface area (Å²) in [5.74, 6) is 2.09. The monoisotopic (exact) mass is 263 g/mol. The normalized spacial score (nSPS) is 40.3. The summed E-state index contributed by atoms with van der Waals surface area (Å²) >= 11 is 0. The van der Waals surface area contributed by atoms with Crippen LogP contribution >= 0.6 is 0 Å². The minimum atomic E-state index is -0.766.